The van der Waals surface area contributed by atoms with Crippen LogP contribution in [-0.4, -0.2) is 43.1 Å². The molecule has 0 saturated heterocycles. The highest BCUT2D eigenvalue weighted by Crippen LogP contribution is 2.31. The van der Waals surface area contributed by atoms with E-state index in [4.69, 9.17) is 4.74 Å². The minimum absolute atomic E-state index is 0.144. The van der Waals surface area contributed by atoms with Crippen LogP contribution in [0.4, 0.5) is 0 Å². The second kappa shape index (κ2) is 9.10. The molecule has 30 heavy (non-hydrogen) atoms. The Kier molecular flexibility index (Phi) is 7.11. The van der Waals surface area contributed by atoms with Crippen molar-refractivity contribution in [1.82, 2.24) is 9.29 Å². The first-order valence-corrected chi connectivity index (χ1v) is 12.9. The first-order chi connectivity index (χ1) is 14.0. The molecule has 3 rings (SSSR count). The Morgan fingerprint density at radius 2 is 1.87 bits per heavy atom. The van der Waals surface area contributed by atoms with Crippen molar-refractivity contribution >= 4 is 10.0 Å². The maximum atomic E-state index is 13.3. The number of ether oxygens (including phenoxy) is 1. The predicted molar refractivity (Wildman–Crippen MR) is 117 cm³/mol. The van der Waals surface area contributed by atoms with Crippen molar-refractivity contribution in [2.24, 2.45) is 5.92 Å². The lowest BCUT2D eigenvalue weighted by atomic mass is 9.86. The summed E-state index contributed by atoms with van der Waals surface area (Å²) in [5, 5.41) is 10.4. The smallest absolute Gasteiger partial charge is 0.257 e. The molecule has 1 fully saturated rings. The van der Waals surface area contributed by atoms with E-state index < -0.39 is 27.7 Å². The van der Waals surface area contributed by atoms with Gasteiger partial charge in [-0.05, 0) is 70.4 Å². The van der Waals surface area contributed by atoms with Gasteiger partial charge in [-0.2, -0.15) is 0 Å². The van der Waals surface area contributed by atoms with Gasteiger partial charge in [0, 0.05) is 17.3 Å². The molecule has 0 spiro atoms. The molecule has 2 aliphatic rings. The summed E-state index contributed by atoms with van der Waals surface area (Å²) in [6.07, 6.45) is 7.97. The highest BCUT2D eigenvalue weighted by molar-refractivity contribution is 7.88. The topological polar surface area (TPSA) is 97.6 Å². The molecule has 0 amide bonds. The highest BCUT2D eigenvalue weighted by atomic mass is 32.2. The third-order valence-corrected chi connectivity index (χ3v) is 7.34. The van der Waals surface area contributed by atoms with Crippen molar-refractivity contribution in [3.63, 3.8) is 0 Å². The number of nitrogens with zero attached hydrogens (tertiary/aromatic N) is 1. The molecule has 0 radical (unpaired) electrons. The van der Waals surface area contributed by atoms with Gasteiger partial charge in [-0.3, -0.25) is 4.79 Å². The van der Waals surface area contributed by atoms with Gasteiger partial charge in [0.05, 0.1) is 30.6 Å². The molecule has 170 valence electrons. The summed E-state index contributed by atoms with van der Waals surface area (Å²) in [5.41, 5.74) is -0.397. The molecule has 2 N–H and O–H groups in total. The Balaban J connectivity index is 1.89. The first-order valence-electron chi connectivity index (χ1n) is 11.1. The number of aryl methyl sites for hydroxylation is 1. The first kappa shape index (κ1) is 23.4. The molecule has 2 atom stereocenters. The number of sulfonamides is 1. The van der Waals surface area contributed by atoms with E-state index in [9.17, 15) is 18.3 Å². The maximum Gasteiger partial charge on any atom is 0.257 e. The zero-order valence-corrected chi connectivity index (χ0v) is 19.4. The minimum Gasteiger partial charge on any atom is -0.386 e. The third-order valence-electron chi connectivity index (χ3n) is 6.61. The lowest BCUT2D eigenvalue weighted by Crippen LogP contribution is -2.50. The van der Waals surface area contributed by atoms with Crippen LogP contribution >= 0.6 is 0 Å². The largest absolute Gasteiger partial charge is 0.386 e. The van der Waals surface area contributed by atoms with E-state index in [1.165, 1.54) is 6.42 Å². The summed E-state index contributed by atoms with van der Waals surface area (Å²) in [6, 6.07) is 2.68. The molecular weight excluding hydrogens is 404 g/mol. The van der Waals surface area contributed by atoms with E-state index in [2.05, 4.69) is 11.6 Å². The molecule has 1 aliphatic heterocycles. The van der Waals surface area contributed by atoms with Crippen LogP contribution in [0, 0.1) is 5.92 Å². The predicted octanol–water partition coefficient (Wildman–Crippen LogP) is 2.47. The van der Waals surface area contributed by atoms with Crippen LogP contribution in [0.2, 0.25) is 0 Å². The van der Waals surface area contributed by atoms with Crippen molar-refractivity contribution < 1.29 is 18.3 Å². The molecule has 0 bridgehead atoms. The van der Waals surface area contributed by atoms with Crippen molar-refractivity contribution in [2.75, 3.05) is 12.9 Å². The number of fused-ring (bicyclic) bond motifs is 1. The Morgan fingerprint density at radius 1 is 1.20 bits per heavy atom. The monoisotopic (exact) mass is 440 g/mol. The van der Waals surface area contributed by atoms with Crippen molar-refractivity contribution in [3.8, 4) is 0 Å². The lowest BCUT2D eigenvalue weighted by molar-refractivity contribution is -0.00737. The minimum atomic E-state index is -3.43. The summed E-state index contributed by atoms with van der Waals surface area (Å²) < 4.78 is 34.5. The summed E-state index contributed by atoms with van der Waals surface area (Å²) in [4.78, 5) is 13.3. The van der Waals surface area contributed by atoms with Crippen LogP contribution in [0.15, 0.2) is 16.9 Å². The number of pyridine rings is 1. The average molecular weight is 441 g/mol. The van der Waals surface area contributed by atoms with E-state index in [1.807, 2.05) is 6.07 Å². The average Bonchev–Trinajstić information content (AvgIpc) is 2.65. The van der Waals surface area contributed by atoms with Crippen LogP contribution in [0.3, 0.4) is 0 Å². The van der Waals surface area contributed by atoms with Crippen LogP contribution in [0.25, 0.3) is 0 Å². The van der Waals surface area contributed by atoms with Crippen molar-refractivity contribution in [3.05, 3.63) is 33.7 Å². The molecule has 1 saturated carbocycles. The van der Waals surface area contributed by atoms with Crippen molar-refractivity contribution in [1.29, 1.82) is 0 Å². The Morgan fingerprint density at radius 3 is 2.43 bits per heavy atom. The summed E-state index contributed by atoms with van der Waals surface area (Å²) in [7, 11) is -3.43. The SMILES string of the molecule is CCC1CCC(OC[C@H]2[C@@H](NS(C)(=O)=O)CCc3ccc(C(C)(C)O)c(=O)n32)CC1. The molecular formula is C22H36N2O5S. The zero-order chi connectivity index (χ0) is 22.1. The summed E-state index contributed by atoms with van der Waals surface area (Å²) >= 11 is 0. The molecule has 0 unspecified atom stereocenters. The van der Waals surface area contributed by atoms with E-state index in [0.717, 1.165) is 43.6 Å². The van der Waals surface area contributed by atoms with Crippen LogP contribution in [-0.2, 0) is 26.8 Å². The van der Waals surface area contributed by atoms with E-state index in [-0.39, 0.29) is 18.3 Å². The molecule has 7 nitrogen and oxygen atoms in total. The Bertz CT molecular complexity index is 895. The van der Waals surface area contributed by atoms with E-state index in [1.54, 1.807) is 24.5 Å². The standard InChI is InChI=1S/C22H36N2O5S/c1-5-15-6-10-17(11-7-15)29-14-20-19(23-30(4,27)28)13-9-16-8-12-18(22(2,3)26)21(25)24(16)20/h8,12,15,17,19-20,23,26H,5-7,9-11,13-14H2,1-4H3/t15?,17?,19-,20-/m0/s1. The van der Waals surface area contributed by atoms with E-state index in [0.29, 0.717) is 18.4 Å². The lowest BCUT2D eigenvalue weighted by Gasteiger charge is -2.37. The number of nitrogens with one attached hydrogen (secondary N) is 1. The van der Waals surface area contributed by atoms with Gasteiger partial charge in [-0.15, -0.1) is 0 Å². The summed E-state index contributed by atoms with van der Waals surface area (Å²) in [6.45, 7) is 5.67. The molecule has 8 heteroatoms. The van der Waals surface area contributed by atoms with Crippen molar-refractivity contribution in [2.45, 2.75) is 89.5 Å². The molecule has 0 aromatic carbocycles. The molecule has 2 heterocycles. The highest BCUT2D eigenvalue weighted by Gasteiger charge is 2.35. The van der Waals surface area contributed by atoms with Gasteiger partial charge < -0.3 is 14.4 Å². The normalized spacial score (nSPS) is 27.6. The van der Waals surface area contributed by atoms with Crippen LogP contribution in [0.1, 0.15) is 76.6 Å². The fourth-order valence-electron chi connectivity index (χ4n) is 4.84. The quantitative estimate of drug-likeness (QED) is 0.679. The Labute approximate surface area is 179 Å². The molecule has 1 aromatic heterocycles. The van der Waals surface area contributed by atoms with Gasteiger partial charge in [0.25, 0.3) is 5.56 Å². The maximum absolute atomic E-state index is 13.3. The summed E-state index contributed by atoms with van der Waals surface area (Å²) in [5.74, 6) is 0.761. The second-order valence-electron chi connectivity index (χ2n) is 9.46. The number of aromatic nitrogens is 1. The number of hydrogen-bond donors (Lipinski definition) is 2. The Hall–Kier alpha value is -1.22. The van der Waals surface area contributed by atoms with Gasteiger partial charge in [0.15, 0.2) is 0 Å². The van der Waals surface area contributed by atoms with Crippen LogP contribution in [0.5, 0.6) is 0 Å². The fourth-order valence-corrected chi connectivity index (χ4v) is 5.67. The fraction of sp³-hybridized carbons (Fsp3) is 0.773. The second-order valence-corrected chi connectivity index (χ2v) is 11.2. The van der Waals surface area contributed by atoms with Gasteiger partial charge in [0.1, 0.15) is 0 Å². The number of rotatable bonds is 7. The van der Waals surface area contributed by atoms with Gasteiger partial charge >= 0.3 is 0 Å². The zero-order valence-electron chi connectivity index (χ0n) is 18.6. The van der Waals surface area contributed by atoms with Gasteiger partial charge in [-0.1, -0.05) is 13.3 Å². The molecule has 1 aromatic rings. The molecule has 1 aliphatic carbocycles. The van der Waals surface area contributed by atoms with Crippen LogP contribution < -0.4 is 10.3 Å². The number of hydrogen-bond acceptors (Lipinski definition) is 5. The van der Waals surface area contributed by atoms with Gasteiger partial charge in [-0.25, -0.2) is 13.1 Å². The van der Waals surface area contributed by atoms with Gasteiger partial charge in [0.2, 0.25) is 10.0 Å². The number of aliphatic hydroxyl groups is 1. The third kappa shape index (κ3) is 5.52. The van der Waals surface area contributed by atoms with E-state index >= 15 is 0 Å².